The average molecular weight is 378 g/mol. The van der Waals surface area contributed by atoms with E-state index in [1.165, 1.54) is 12.1 Å². The van der Waals surface area contributed by atoms with Crippen LogP contribution in [0.1, 0.15) is 21.8 Å². The van der Waals surface area contributed by atoms with Crippen molar-refractivity contribution in [3.8, 4) is 0 Å². The van der Waals surface area contributed by atoms with Gasteiger partial charge < -0.3 is 14.6 Å². The number of hydrogen-bond acceptors (Lipinski definition) is 5. The molecule has 1 aromatic heterocycles. The fourth-order valence-corrected chi connectivity index (χ4v) is 2.73. The maximum atomic E-state index is 11.9. The predicted molar refractivity (Wildman–Crippen MR) is 86.4 cm³/mol. The minimum Gasteiger partial charge on any atom is -0.452 e. The minimum absolute atomic E-state index is 0.174. The first kappa shape index (κ1) is 17.6. The summed E-state index contributed by atoms with van der Waals surface area (Å²) in [5, 5.41) is 6.78. The highest BCUT2D eigenvalue weighted by Gasteiger charge is 2.20. The predicted octanol–water partition coefficient (Wildman–Crippen LogP) is 4.05. The third kappa shape index (κ3) is 4.16. The number of aromatic nitrogens is 1. The Bertz CT molecular complexity index is 731. The van der Waals surface area contributed by atoms with Crippen molar-refractivity contribution < 1.29 is 18.8 Å². The highest BCUT2D eigenvalue weighted by atomic mass is 35.5. The Labute approximate surface area is 146 Å². The minimum atomic E-state index is -0.704. The number of halogens is 3. The summed E-state index contributed by atoms with van der Waals surface area (Å²) in [6, 6.07) is 2.86. The molecule has 1 heterocycles. The van der Waals surface area contributed by atoms with E-state index in [2.05, 4.69) is 10.5 Å². The molecule has 0 fully saturated rings. The lowest BCUT2D eigenvalue weighted by molar-refractivity contribution is -0.119. The summed E-state index contributed by atoms with van der Waals surface area (Å²) in [7, 11) is 0. The number of carbonyl (C=O) groups excluding carboxylic acids is 2. The van der Waals surface area contributed by atoms with E-state index in [9.17, 15) is 9.59 Å². The first-order chi connectivity index (χ1) is 10.8. The number of ether oxygens (including phenoxy) is 1. The molecule has 122 valence electrons. The maximum absolute atomic E-state index is 11.9. The van der Waals surface area contributed by atoms with E-state index < -0.39 is 18.5 Å². The Morgan fingerprint density at radius 3 is 2.35 bits per heavy atom. The number of amides is 1. The first-order valence-electron chi connectivity index (χ1n) is 6.34. The molecule has 0 aliphatic carbocycles. The molecule has 0 saturated heterocycles. The van der Waals surface area contributed by atoms with Crippen molar-refractivity contribution in [1.82, 2.24) is 5.16 Å². The largest absolute Gasteiger partial charge is 0.452 e. The average Bonchev–Trinajstić information content (AvgIpc) is 2.79. The van der Waals surface area contributed by atoms with Crippen molar-refractivity contribution in [2.75, 3.05) is 11.9 Å². The summed E-state index contributed by atoms with van der Waals surface area (Å²) in [6.45, 7) is 2.66. The normalized spacial score (nSPS) is 10.5. The van der Waals surface area contributed by atoms with Crippen LogP contribution in [0.25, 0.3) is 0 Å². The first-order valence-corrected chi connectivity index (χ1v) is 7.47. The Morgan fingerprint density at radius 2 is 1.83 bits per heavy atom. The second-order valence-corrected chi connectivity index (χ2v) is 5.82. The van der Waals surface area contributed by atoms with Crippen LogP contribution in [0.3, 0.4) is 0 Å². The highest BCUT2D eigenvalue weighted by Crippen LogP contribution is 2.33. The standard InChI is InChI=1S/C14H11Cl3N2O4/c1-6-12(7(2)23-19-6)14(21)22-5-11(20)18-13-9(16)3-8(15)4-10(13)17/h3-4H,5H2,1-2H3,(H,18,20). The fraction of sp³-hybridized carbons (Fsp3) is 0.214. The molecule has 0 saturated carbocycles. The lowest BCUT2D eigenvalue weighted by atomic mass is 10.2. The third-order valence-corrected chi connectivity index (χ3v) is 3.66. The van der Waals surface area contributed by atoms with Crippen LogP contribution in [0, 0.1) is 13.8 Å². The zero-order valence-corrected chi connectivity index (χ0v) is 14.3. The highest BCUT2D eigenvalue weighted by molar-refractivity contribution is 6.42. The van der Waals surface area contributed by atoms with Gasteiger partial charge in [0.25, 0.3) is 5.91 Å². The Hall–Kier alpha value is -1.76. The van der Waals surface area contributed by atoms with Gasteiger partial charge >= 0.3 is 5.97 Å². The number of nitrogens with one attached hydrogen (secondary N) is 1. The van der Waals surface area contributed by atoms with E-state index >= 15 is 0 Å². The van der Waals surface area contributed by atoms with Crippen molar-refractivity contribution in [1.29, 1.82) is 0 Å². The molecule has 1 aromatic carbocycles. The lowest BCUT2D eigenvalue weighted by Gasteiger charge is -2.10. The number of aryl methyl sites for hydroxylation is 2. The quantitative estimate of drug-likeness (QED) is 0.813. The topological polar surface area (TPSA) is 81.4 Å². The van der Waals surface area contributed by atoms with E-state index in [4.69, 9.17) is 44.1 Å². The SMILES string of the molecule is Cc1noc(C)c1C(=O)OCC(=O)Nc1c(Cl)cc(Cl)cc1Cl. The van der Waals surface area contributed by atoms with Crippen molar-refractivity contribution in [2.24, 2.45) is 0 Å². The summed E-state index contributed by atoms with van der Waals surface area (Å²) < 4.78 is 9.79. The molecule has 2 rings (SSSR count). The third-order valence-electron chi connectivity index (χ3n) is 2.84. The summed E-state index contributed by atoms with van der Waals surface area (Å²) in [5.74, 6) is -0.988. The molecule has 0 bridgehead atoms. The van der Waals surface area contributed by atoms with Crippen LogP contribution in [0.2, 0.25) is 15.1 Å². The maximum Gasteiger partial charge on any atom is 0.344 e. The smallest absolute Gasteiger partial charge is 0.344 e. The molecule has 0 aliphatic rings. The molecule has 0 radical (unpaired) electrons. The van der Waals surface area contributed by atoms with Gasteiger partial charge in [0.15, 0.2) is 6.61 Å². The van der Waals surface area contributed by atoms with E-state index in [1.54, 1.807) is 13.8 Å². The number of esters is 1. The Balaban J connectivity index is 2.00. The van der Waals surface area contributed by atoms with Gasteiger partial charge in [0.05, 0.1) is 21.4 Å². The van der Waals surface area contributed by atoms with Crippen molar-refractivity contribution in [2.45, 2.75) is 13.8 Å². The van der Waals surface area contributed by atoms with Crippen LogP contribution in [-0.2, 0) is 9.53 Å². The van der Waals surface area contributed by atoms with Crippen molar-refractivity contribution in [3.05, 3.63) is 44.2 Å². The summed E-state index contributed by atoms with van der Waals surface area (Å²) in [5.41, 5.74) is 0.771. The molecule has 0 atom stereocenters. The summed E-state index contributed by atoms with van der Waals surface area (Å²) in [4.78, 5) is 23.8. The zero-order valence-electron chi connectivity index (χ0n) is 12.1. The van der Waals surface area contributed by atoms with Crippen LogP contribution in [0.5, 0.6) is 0 Å². The van der Waals surface area contributed by atoms with Crippen molar-refractivity contribution >= 4 is 52.4 Å². The monoisotopic (exact) mass is 376 g/mol. The van der Waals surface area contributed by atoms with Crippen LogP contribution >= 0.6 is 34.8 Å². The molecule has 0 aliphatic heterocycles. The van der Waals surface area contributed by atoms with Gasteiger partial charge in [-0.2, -0.15) is 0 Å². The van der Waals surface area contributed by atoms with Gasteiger partial charge in [-0.25, -0.2) is 4.79 Å². The molecular formula is C14H11Cl3N2O4. The van der Waals surface area contributed by atoms with Gasteiger partial charge in [-0.05, 0) is 26.0 Å². The lowest BCUT2D eigenvalue weighted by Crippen LogP contribution is -2.21. The molecule has 9 heteroatoms. The number of benzene rings is 1. The molecule has 2 aromatic rings. The molecule has 0 unspecified atom stereocenters. The van der Waals surface area contributed by atoms with Gasteiger partial charge in [-0.1, -0.05) is 40.0 Å². The number of rotatable bonds is 4. The van der Waals surface area contributed by atoms with E-state index in [0.717, 1.165) is 0 Å². The molecule has 6 nitrogen and oxygen atoms in total. The number of anilines is 1. The Kier molecular flexibility index (Phi) is 5.51. The van der Waals surface area contributed by atoms with E-state index in [-0.39, 0.29) is 21.3 Å². The van der Waals surface area contributed by atoms with Gasteiger partial charge in [0.2, 0.25) is 0 Å². The zero-order chi connectivity index (χ0) is 17.1. The van der Waals surface area contributed by atoms with Gasteiger partial charge in [0.1, 0.15) is 11.3 Å². The van der Waals surface area contributed by atoms with Gasteiger partial charge in [-0.3, -0.25) is 4.79 Å². The molecule has 0 spiro atoms. The summed E-state index contributed by atoms with van der Waals surface area (Å²) >= 11 is 17.7. The molecule has 23 heavy (non-hydrogen) atoms. The van der Waals surface area contributed by atoms with Crippen LogP contribution in [0.15, 0.2) is 16.7 Å². The van der Waals surface area contributed by atoms with Crippen molar-refractivity contribution in [3.63, 3.8) is 0 Å². The van der Waals surface area contributed by atoms with Crippen LogP contribution in [0.4, 0.5) is 5.69 Å². The molecule has 1 amide bonds. The van der Waals surface area contributed by atoms with Crippen LogP contribution in [-0.4, -0.2) is 23.6 Å². The van der Waals surface area contributed by atoms with Gasteiger partial charge in [-0.15, -0.1) is 0 Å². The second-order valence-electron chi connectivity index (χ2n) is 4.57. The van der Waals surface area contributed by atoms with Crippen LogP contribution < -0.4 is 5.32 Å². The number of carbonyl (C=O) groups is 2. The summed E-state index contributed by atoms with van der Waals surface area (Å²) in [6.07, 6.45) is 0. The number of nitrogens with zero attached hydrogens (tertiary/aromatic N) is 1. The second kappa shape index (κ2) is 7.21. The van der Waals surface area contributed by atoms with E-state index in [0.29, 0.717) is 16.5 Å². The van der Waals surface area contributed by atoms with Gasteiger partial charge in [0, 0.05) is 5.02 Å². The number of hydrogen-bond donors (Lipinski definition) is 1. The van der Waals surface area contributed by atoms with E-state index in [1.807, 2.05) is 0 Å². The molecule has 1 N–H and O–H groups in total. The Morgan fingerprint density at radius 1 is 1.22 bits per heavy atom. The fourth-order valence-electron chi connectivity index (χ4n) is 1.81. The molecular weight excluding hydrogens is 367 g/mol.